The molecule has 3 aromatic rings. The Morgan fingerprint density at radius 1 is 1.12 bits per heavy atom. The van der Waals surface area contributed by atoms with Crippen molar-refractivity contribution in [1.82, 2.24) is 19.7 Å². The molecule has 4 rings (SSSR count). The molecule has 10 heteroatoms. The Bertz CT molecular complexity index is 1190. The summed E-state index contributed by atoms with van der Waals surface area (Å²) in [6.07, 6.45) is 3.31. The van der Waals surface area contributed by atoms with E-state index in [9.17, 15) is 12.8 Å². The molecule has 33 heavy (non-hydrogen) atoms. The van der Waals surface area contributed by atoms with Crippen molar-refractivity contribution in [2.45, 2.75) is 37.1 Å². The molecule has 3 N–H and O–H groups in total. The minimum absolute atomic E-state index is 0.119. The zero-order chi connectivity index (χ0) is 23.4. The zero-order valence-electron chi connectivity index (χ0n) is 18.3. The quantitative estimate of drug-likeness (QED) is 0.519. The molecule has 0 saturated carbocycles. The van der Waals surface area contributed by atoms with Gasteiger partial charge < -0.3 is 5.11 Å². The summed E-state index contributed by atoms with van der Waals surface area (Å²) in [6, 6.07) is 13.2. The van der Waals surface area contributed by atoms with Gasteiger partial charge in [0.2, 0.25) is 10.0 Å². The fourth-order valence-corrected chi connectivity index (χ4v) is 4.72. The molecule has 8 nitrogen and oxygen atoms in total. The van der Waals surface area contributed by atoms with E-state index in [0.717, 1.165) is 44.0 Å². The van der Waals surface area contributed by atoms with Crippen LogP contribution in [0.5, 0.6) is 0 Å². The largest absolute Gasteiger partial charge is 0.396 e. The van der Waals surface area contributed by atoms with Crippen LogP contribution < -0.4 is 5.14 Å². The Morgan fingerprint density at radius 3 is 2.48 bits per heavy atom. The topological polar surface area (TPSA) is 114 Å². The molecule has 2 heterocycles. The van der Waals surface area contributed by atoms with Gasteiger partial charge in [-0.3, -0.25) is 4.90 Å². The molecule has 0 bridgehead atoms. The van der Waals surface area contributed by atoms with E-state index in [4.69, 9.17) is 15.2 Å². The number of aromatic nitrogens is 3. The SMILES string of the molecule is NS(=O)(=O)c1ccc(-n2nc(CN3CCC(CCO)CC3)nc2Cc2ccccc2)c(F)c1. The number of halogens is 1. The van der Waals surface area contributed by atoms with Crippen LogP contribution in [-0.2, 0) is 23.0 Å². The number of nitrogens with zero attached hydrogens (tertiary/aromatic N) is 4. The molecule has 1 fully saturated rings. The molecule has 0 atom stereocenters. The van der Waals surface area contributed by atoms with E-state index in [1.165, 1.54) is 16.8 Å². The second kappa shape index (κ2) is 10.1. The van der Waals surface area contributed by atoms with Gasteiger partial charge in [0, 0.05) is 13.0 Å². The molecule has 1 aliphatic heterocycles. The molecule has 176 valence electrons. The van der Waals surface area contributed by atoms with Gasteiger partial charge in [0.05, 0.1) is 11.4 Å². The van der Waals surface area contributed by atoms with Crippen LogP contribution in [0, 0.1) is 11.7 Å². The number of aliphatic hydroxyl groups is 1. The summed E-state index contributed by atoms with van der Waals surface area (Å²) in [7, 11) is -4.01. The molecule has 1 saturated heterocycles. The summed E-state index contributed by atoms with van der Waals surface area (Å²) in [5.41, 5.74) is 1.12. The van der Waals surface area contributed by atoms with Crippen LogP contribution in [0.15, 0.2) is 53.4 Å². The predicted octanol–water partition coefficient (Wildman–Crippen LogP) is 2.24. The number of likely N-dealkylation sites (tertiary alicyclic amines) is 1. The highest BCUT2D eigenvalue weighted by molar-refractivity contribution is 7.89. The maximum atomic E-state index is 14.9. The van der Waals surface area contributed by atoms with E-state index in [1.807, 2.05) is 30.3 Å². The molecule has 0 unspecified atom stereocenters. The normalized spacial score (nSPS) is 15.7. The molecular formula is C23H28FN5O3S. The van der Waals surface area contributed by atoms with Gasteiger partial charge in [0.25, 0.3) is 0 Å². The fourth-order valence-electron chi connectivity index (χ4n) is 4.20. The van der Waals surface area contributed by atoms with Gasteiger partial charge in [-0.05, 0) is 62.0 Å². The van der Waals surface area contributed by atoms with Crippen molar-refractivity contribution < 1.29 is 17.9 Å². The van der Waals surface area contributed by atoms with Crippen molar-refractivity contribution in [2.75, 3.05) is 19.7 Å². The molecule has 0 radical (unpaired) electrons. The number of benzene rings is 2. The van der Waals surface area contributed by atoms with Crippen molar-refractivity contribution >= 4 is 10.0 Å². The first-order valence-electron chi connectivity index (χ1n) is 11.0. The molecular weight excluding hydrogens is 445 g/mol. The summed E-state index contributed by atoms with van der Waals surface area (Å²) in [5, 5.41) is 18.9. The summed E-state index contributed by atoms with van der Waals surface area (Å²) in [4.78, 5) is 6.68. The van der Waals surface area contributed by atoms with Gasteiger partial charge in [-0.15, -0.1) is 5.10 Å². The van der Waals surface area contributed by atoms with Crippen LogP contribution in [0.4, 0.5) is 4.39 Å². The number of hydrogen-bond donors (Lipinski definition) is 2. The first-order chi connectivity index (χ1) is 15.8. The number of rotatable bonds is 8. The molecule has 0 amide bonds. The maximum Gasteiger partial charge on any atom is 0.238 e. The van der Waals surface area contributed by atoms with E-state index in [-0.39, 0.29) is 17.2 Å². The van der Waals surface area contributed by atoms with Crippen molar-refractivity contribution in [3.05, 3.63) is 71.6 Å². The van der Waals surface area contributed by atoms with Crippen molar-refractivity contribution in [3.8, 4) is 5.69 Å². The fraction of sp³-hybridized carbons (Fsp3) is 0.391. The number of sulfonamides is 1. The predicted molar refractivity (Wildman–Crippen MR) is 122 cm³/mol. The minimum atomic E-state index is -4.01. The monoisotopic (exact) mass is 473 g/mol. The lowest BCUT2D eigenvalue weighted by Gasteiger charge is -2.30. The average molecular weight is 474 g/mol. The number of aliphatic hydroxyl groups excluding tert-OH is 1. The maximum absolute atomic E-state index is 14.9. The number of hydrogen-bond acceptors (Lipinski definition) is 6. The Morgan fingerprint density at radius 2 is 1.85 bits per heavy atom. The number of nitrogens with two attached hydrogens (primary N) is 1. The Labute approximate surface area is 192 Å². The second-order valence-corrected chi connectivity index (χ2v) is 9.97. The van der Waals surface area contributed by atoms with E-state index >= 15 is 0 Å². The van der Waals surface area contributed by atoms with Crippen LogP contribution in [0.1, 0.15) is 36.5 Å². The van der Waals surface area contributed by atoms with E-state index in [2.05, 4.69) is 10.00 Å². The summed E-state index contributed by atoms with van der Waals surface area (Å²) >= 11 is 0. The molecule has 0 spiro atoms. The first kappa shape index (κ1) is 23.5. The van der Waals surface area contributed by atoms with Crippen molar-refractivity contribution in [1.29, 1.82) is 0 Å². The molecule has 1 aliphatic rings. The third kappa shape index (κ3) is 5.83. The zero-order valence-corrected chi connectivity index (χ0v) is 19.1. The Hall–Kier alpha value is -2.66. The van der Waals surface area contributed by atoms with Gasteiger partial charge in [0.1, 0.15) is 17.3 Å². The first-order valence-corrected chi connectivity index (χ1v) is 12.5. The Kier molecular flexibility index (Phi) is 7.18. The standard InChI is InChI=1S/C23H28FN5O3S/c24-20-15-19(33(25,31)32)6-7-21(20)29-23(14-18-4-2-1-3-5-18)26-22(27-29)16-28-11-8-17(9-12-28)10-13-30/h1-7,15,17,30H,8-14,16H2,(H2,25,31,32). The van der Waals surface area contributed by atoms with E-state index < -0.39 is 15.8 Å². The smallest absolute Gasteiger partial charge is 0.238 e. The highest BCUT2D eigenvalue weighted by atomic mass is 32.2. The lowest BCUT2D eigenvalue weighted by atomic mass is 9.94. The minimum Gasteiger partial charge on any atom is -0.396 e. The van der Waals surface area contributed by atoms with Crippen molar-refractivity contribution in [2.24, 2.45) is 11.1 Å². The number of piperidine rings is 1. The highest BCUT2D eigenvalue weighted by Gasteiger charge is 2.22. The second-order valence-electron chi connectivity index (χ2n) is 8.41. The van der Waals surface area contributed by atoms with Gasteiger partial charge >= 0.3 is 0 Å². The van der Waals surface area contributed by atoms with Gasteiger partial charge in [-0.1, -0.05) is 30.3 Å². The van der Waals surface area contributed by atoms with Gasteiger partial charge in [-0.2, -0.15) is 0 Å². The van der Waals surface area contributed by atoms with Crippen molar-refractivity contribution in [3.63, 3.8) is 0 Å². The van der Waals surface area contributed by atoms with Crippen LogP contribution in [0.25, 0.3) is 5.69 Å². The van der Waals surface area contributed by atoms with E-state index in [1.54, 1.807) is 0 Å². The molecule has 2 aromatic carbocycles. The third-order valence-corrected chi connectivity index (χ3v) is 6.92. The van der Waals surface area contributed by atoms with Gasteiger partial charge in [0.15, 0.2) is 5.82 Å². The number of primary sulfonamides is 1. The summed E-state index contributed by atoms with van der Waals surface area (Å²) in [5.74, 6) is 0.944. The Balaban J connectivity index is 1.62. The summed E-state index contributed by atoms with van der Waals surface area (Å²) in [6.45, 7) is 2.54. The molecule has 1 aromatic heterocycles. The van der Waals surface area contributed by atoms with Gasteiger partial charge in [-0.25, -0.2) is 27.6 Å². The average Bonchev–Trinajstić information content (AvgIpc) is 3.17. The molecule has 0 aliphatic carbocycles. The van der Waals surface area contributed by atoms with Crippen LogP contribution >= 0.6 is 0 Å². The summed E-state index contributed by atoms with van der Waals surface area (Å²) < 4.78 is 39.6. The lowest BCUT2D eigenvalue weighted by molar-refractivity contribution is 0.151. The van der Waals surface area contributed by atoms with Crippen LogP contribution in [0.2, 0.25) is 0 Å². The van der Waals surface area contributed by atoms with Crippen LogP contribution in [0.3, 0.4) is 0 Å². The van der Waals surface area contributed by atoms with E-state index in [0.29, 0.717) is 30.5 Å². The van der Waals surface area contributed by atoms with Crippen LogP contribution in [-0.4, -0.2) is 52.9 Å². The third-order valence-electron chi connectivity index (χ3n) is 6.01. The highest BCUT2D eigenvalue weighted by Crippen LogP contribution is 2.23. The lowest BCUT2D eigenvalue weighted by Crippen LogP contribution is -2.33.